The summed E-state index contributed by atoms with van der Waals surface area (Å²) in [5.74, 6) is -2.06. The average molecular weight is 567 g/mol. The molecule has 10 atom stereocenters. The second-order valence-electron chi connectivity index (χ2n) is 13.5. The normalized spacial score (nSPS) is 43.1. The topological polar surface area (TPSA) is 156 Å². The Hall–Kier alpha value is -2.52. The third-order valence-electron chi connectivity index (χ3n) is 11.5. The van der Waals surface area contributed by atoms with Crippen LogP contribution in [-0.2, 0) is 14.3 Å². The number of benzene rings is 1. The van der Waals surface area contributed by atoms with E-state index in [0.29, 0.717) is 37.7 Å². The van der Waals surface area contributed by atoms with Crippen molar-refractivity contribution in [3.63, 3.8) is 0 Å². The lowest BCUT2D eigenvalue weighted by molar-refractivity contribution is -0.193. The quantitative estimate of drug-likeness (QED) is 0.257. The number of hydrogen-bond donors (Lipinski definition) is 5. The Bertz CT molecular complexity index is 1230. The van der Waals surface area contributed by atoms with E-state index in [1.54, 1.807) is 0 Å². The highest BCUT2D eigenvalue weighted by Gasteiger charge is 2.71. The molecule has 4 aliphatic carbocycles. The lowest BCUT2D eigenvalue weighted by Gasteiger charge is -2.68. The van der Waals surface area contributed by atoms with Gasteiger partial charge >= 0.3 is 11.9 Å². The average Bonchev–Trinajstić information content (AvgIpc) is 3.18. The summed E-state index contributed by atoms with van der Waals surface area (Å²) < 4.78 is 5.84. The van der Waals surface area contributed by atoms with Gasteiger partial charge < -0.3 is 31.5 Å². The predicted molar refractivity (Wildman–Crippen MR) is 156 cm³/mol. The molecule has 5 rings (SSSR count). The first kappa shape index (κ1) is 30.0. The van der Waals surface area contributed by atoms with Crippen molar-refractivity contribution in [2.75, 3.05) is 0 Å². The summed E-state index contributed by atoms with van der Waals surface area (Å²) in [7, 11) is 0. The number of aliphatic carboxylic acids is 1. The number of carbonyl (C=O) groups is 2. The number of ether oxygens (including phenoxy) is 1. The minimum absolute atomic E-state index is 0.0365. The zero-order valence-corrected chi connectivity index (χ0v) is 24.5. The monoisotopic (exact) mass is 566 g/mol. The maximum Gasteiger partial charge on any atom is 0.331 e. The van der Waals surface area contributed by atoms with Gasteiger partial charge in [0.1, 0.15) is 6.10 Å². The first-order chi connectivity index (χ1) is 19.3. The first-order valence-electron chi connectivity index (χ1n) is 15.1. The largest absolute Gasteiger partial charge is 0.478 e. The molecule has 8 heteroatoms. The van der Waals surface area contributed by atoms with Crippen molar-refractivity contribution < 1.29 is 29.6 Å². The molecule has 0 heterocycles. The number of aliphatic hydroxyl groups is 2. The van der Waals surface area contributed by atoms with E-state index in [1.807, 2.05) is 42.5 Å². The van der Waals surface area contributed by atoms with E-state index >= 15 is 0 Å². The lowest BCUT2D eigenvalue weighted by atomic mass is 9.39. The van der Waals surface area contributed by atoms with Gasteiger partial charge in [0, 0.05) is 30.0 Å². The number of nitrogens with two attached hydrogens (primary N) is 2. The molecule has 1 aromatic carbocycles. The molecular formula is C33H46N2O6. The molecule has 0 spiro atoms. The number of hydrogen-bond acceptors (Lipinski definition) is 7. The number of esters is 1. The fraction of sp³-hybridized carbons (Fsp3) is 0.636. The Morgan fingerprint density at radius 2 is 1.80 bits per heavy atom. The Morgan fingerprint density at radius 1 is 1.10 bits per heavy atom. The van der Waals surface area contributed by atoms with Gasteiger partial charge in [0.15, 0.2) is 0 Å². The third kappa shape index (κ3) is 4.86. The van der Waals surface area contributed by atoms with Gasteiger partial charge in [-0.05, 0) is 85.2 Å². The minimum atomic E-state index is -1.03. The molecule has 41 heavy (non-hydrogen) atoms. The summed E-state index contributed by atoms with van der Waals surface area (Å²) >= 11 is 0. The number of carbonyl (C=O) groups excluding carboxylic acids is 1. The molecule has 4 fully saturated rings. The molecule has 0 saturated heterocycles. The van der Waals surface area contributed by atoms with Crippen LogP contribution in [0.5, 0.6) is 0 Å². The second kappa shape index (κ2) is 11.0. The van der Waals surface area contributed by atoms with Crippen LogP contribution in [0.2, 0.25) is 0 Å². The van der Waals surface area contributed by atoms with E-state index in [9.17, 15) is 24.9 Å². The highest BCUT2D eigenvalue weighted by atomic mass is 16.5. The maximum atomic E-state index is 12.8. The van der Waals surface area contributed by atoms with Crippen molar-refractivity contribution in [2.45, 2.75) is 102 Å². The summed E-state index contributed by atoms with van der Waals surface area (Å²) in [6, 6.07) is 9.46. The van der Waals surface area contributed by atoms with Gasteiger partial charge in [-0.15, -0.1) is 0 Å². The van der Waals surface area contributed by atoms with Crippen LogP contribution in [0, 0.1) is 28.6 Å². The molecule has 0 radical (unpaired) electrons. The van der Waals surface area contributed by atoms with Gasteiger partial charge in [0.25, 0.3) is 0 Å². The molecular weight excluding hydrogens is 520 g/mol. The van der Waals surface area contributed by atoms with Crippen LogP contribution >= 0.6 is 0 Å². The van der Waals surface area contributed by atoms with Crippen LogP contribution in [0.1, 0.15) is 77.7 Å². The van der Waals surface area contributed by atoms with E-state index < -0.39 is 41.2 Å². The third-order valence-corrected chi connectivity index (χ3v) is 11.5. The Labute approximate surface area is 242 Å². The Balaban J connectivity index is 1.53. The van der Waals surface area contributed by atoms with Crippen LogP contribution < -0.4 is 11.5 Å². The summed E-state index contributed by atoms with van der Waals surface area (Å²) in [4.78, 5) is 25.0. The first-order valence-corrected chi connectivity index (χ1v) is 15.1. The molecule has 0 aliphatic heterocycles. The smallest absolute Gasteiger partial charge is 0.331 e. The van der Waals surface area contributed by atoms with Crippen molar-refractivity contribution in [3.05, 3.63) is 53.1 Å². The maximum absolute atomic E-state index is 12.8. The number of carboxylic acid groups (broad SMARTS) is 1. The molecule has 0 bridgehead atoms. The van der Waals surface area contributed by atoms with Gasteiger partial charge in [-0.3, -0.25) is 4.79 Å². The fourth-order valence-electron chi connectivity index (χ4n) is 9.59. The molecule has 8 nitrogen and oxygen atoms in total. The molecule has 0 amide bonds. The van der Waals surface area contributed by atoms with Crippen molar-refractivity contribution in [1.29, 1.82) is 0 Å². The SMILES string of the molecule is CC(=O)O[C@H]1C[C@@]2(C)[C@@H](C[C@@H](O)[C@H]3[C@@]4(C)CC[C@@H](O)[C@@H](N)[C@@H]4CC[C@@]32N)/C1=C(\CC/C=C/c1ccccc1)C(=O)O. The molecule has 224 valence electrons. The van der Waals surface area contributed by atoms with Crippen LogP contribution in [-0.4, -0.2) is 57.2 Å². The molecule has 4 saturated carbocycles. The number of allylic oxidation sites excluding steroid dienone is 1. The summed E-state index contributed by atoms with van der Waals surface area (Å²) in [6.07, 6.45) is 6.06. The molecule has 4 aliphatic rings. The summed E-state index contributed by atoms with van der Waals surface area (Å²) in [5.41, 5.74) is 14.1. The Morgan fingerprint density at radius 3 is 2.46 bits per heavy atom. The van der Waals surface area contributed by atoms with E-state index in [-0.39, 0.29) is 41.2 Å². The minimum Gasteiger partial charge on any atom is -0.478 e. The zero-order chi connectivity index (χ0) is 29.7. The van der Waals surface area contributed by atoms with E-state index in [2.05, 4.69) is 13.8 Å². The standard InChI is InChI=1S/C33H46N2O6/c1-19(36)41-26-18-32(3)23(27(26)21(30(39)40)12-8-7-11-20-9-5-4-6-10-20)17-25(38)29-31(2)15-14-24(37)28(34)22(31)13-16-33(29,32)35/h4-7,9-11,22-26,28-29,37-38H,8,12-18,34-35H2,1-3H3,(H,39,40)/b11-7+,27-21-/t22-,23-,24+,25+,26-,28-,29-,31-,32-,33+/m0/s1. The summed E-state index contributed by atoms with van der Waals surface area (Å²) in [5, 5.41) is 32.8. The number of carboxylic acids is 1. The highest BCUT2D eigenvalue weighted by molar-refractivity contribution is 5.88. The molecule has 7 N–H and O–H groups in total. The van der Waals surface area contributed by atoms with E-state index in [4.69, 9.17) is 16.2 Å². The molecule has 1 aromatic rings. The number of fused-ring (bicyclic) bond motifs is 5. The van der Waals surface area contributed by atoms with E-state index in [0.717, 1.165) is 18.4 Å². The van der Waals surface area contributed by atoms with Crippen LogP contribution in [0.25, 0.3) is 6.08 Å². The summed E-state index contributed by atoms with van der Waals surface area (Å²) in [6.45, 7) is 5.62. The fourth-order valence-corrected chi connectivity index (χ4v) is 9.59. The number of aliphatic hydroxyl groups excluding tert-OH is 2. The second-order valence-corrected chi connectivity index (χ2v) is 13.5. The van der Waals surface area contributed by atoms with Crippen molar-refractivity contribution in [1.82, 2.24) is 0 Å². The highest BCUT2D eigenvalue weighted by Crippen LogP contribution is 2.69. The molecule has 0 aromatic heterocycles. The van der Waals surface area contributed by atoms with Crippen molar-refractivity contribution in [3.8, 4) is 0 Å². The van der Waals surface area contributed by atoms with E-state index in [1.165, 1.54) is 6.92 Å². The van der Waals surface area contributed by atoms with Gasteiger partial charge in [0.2, 0.25) is 0 Å². The number of rotatable bonds is 6. The van der Waals surface area contributed by atoms with Crippen LogP contribution in [0.3, 0.4) is 0 Å². The van der Waals surface area contributed by atoms with Crippen LogP contribution in [0.15, 0.2) is 47.6 Å². The predicted octanol–water partition coefficient (Wildman–Crippen LogP) is 3.80. The van der Waals surface area contributed by atoms with Crippen molar-refractivity contribution in [2.24, 2.45) is 40.1 Å². The van der Waals surface area contributed by atoms with Gasteiger partial charge in [-0.2, -0.15) is 0 Å². The van der Waals surface area contributed by atoms with Crippen molar-refractivity contribution >= 4 is 18.0 Å². The molecule has 0 unspecified atom stereocenters. The Kier molecular flexibility index (Phi) is 8.00. The van der Waals surface area contributed by atoms with Crippen LogP contribution in [0.4, 0.5) is 0 Å². The van der Waals surface area contributed by atoms with Gasteiger partial charge in [-0.1, -0.05) is 56.3 Å². The lowest BCUT2D eigenvalue weighted by Crippen LogP contribution is -2.75. The zero-order valence-electron chi connectivity index (χ0n) is 24.5. The van der Waals surface area contributed by atoms with Gasteiger partial charge in [0.05, 0.1) is 12.2 Å². The van der Waals surface area contributed by atoms with Gasteiger partial charge in [-0.25, -0.2) is 4.79 Å².